The zero-order valence-electron chi connectivity index (χ0n) is 17.0. The van der Waals surface area contributed by atoms with Crippen molar-refractivity contribution in [2.24, 2.45) is 0 Å². The Balaban J connectivity index is 1.55. The summed E-state index contributed by atoms with van der Waals surface area (Å²) in [6, 6.07) is 11.9. The number of para-hydroxylation sites is 1. The smallest absolute Gasteiger partial charge is 0.409 e. The number of amides is 1. The van der Waals surface area contributed by atoms with Crippen molar-refractivity contribution in [2.75, 3.05) is 19.7 Å². The number of carbonyl (C=O) groups excluding carboxylic acids is 1. The lowest BCUT2D eigenvalue weighted by Crippen LogP contribution is -2.38. The van der Waals surface area contributed by atoms with Crippen LogP contribution in [-0.2, 0) is 10.5 Å². The van der Waals surface area contributed by atoms with Crippen LogP contribution in [0.1, 0.15) is 49.3 Å². The monoisotopic (exact) mass is 410 g/mol. The molecule has 0 bridgehead atoms. The van der Waals surface area contributed by atoms with E-state index in [1.807, 2.05) is 18.2 Å². The van der Waals surface area contributed by atoms with Gasteiger partial charge in [0.2, 0.25) is 0 Å². The molecule has 2 aromatic rings. The fourth-order valence-electron chi connectivity index (χ4n) is 4.12. The van der Waals surface area contributed by atoms with Gasteiger partial charge < -0.3 is 19.1 Å². The molecule has 2 aliphatic rings. The second kappa shape index (κ2) is 7.86. The van der Waals surface area contributed by atoms with Gasteiger partial charge in [0.15, 0.2) is 11.5 Å². The van der Waals surface area contributed by atoms with E-state index in [1.54, 1.807) is 30.9 Å². The van der Waals surface area contributed by atoms with Gasteiger partial charge in [-0.25, -0.2) is 9.18 Å². The fourth-order valence-corrected chi connectivity index (χ4v) is 4.12. The van der Waals surface area contributed by atoms with Crippen LogP contribution in [0.4, 0.5) is 9.18 Å². The van der Waals surface area contributed by atoms with Crippen LogP contribution < -0.4 is 9.47 Å². The van der Waals surface area contributed by atoms with Crippen molar-refractivity contribution in [3.63, 3.8) is 0 Å². The molecule has 2 aliphatic heterocycles. The van der Waals surface area contributed by atoms with Gasteiger partial charge >= 0.3 is 6.09 Å². The number of nitrogens with zero attached hydrogens (tertiary/aromatic N) is 2. The Hall–Kier alpha value is -3.27. The molecule has 4 rings (SSSR count). The minimum Gasteiger partial charge on any atom is -0.450 e. The molecule has 0 aromatic heterocycles. The number of likely N-dealkylation sites (tertiary alicyclic amines) is 1. The van der Waals surface area contributed by atoms with Crippen LogP contribution in [-0.4, -0.2) is 30.7 Å². The molecule has 2 aromatic carbocycles. The maximum Gasteiger partial charge on any atom is 0.409 e. The third kappa shape index (κ3) is 3.54. The standard InChI is InChI=1S/C23H23FN2O4/c1-3-28-22(27)26-11-9-16(10-12-26)17-5-4-6-20-21(17)30-23(2,29-20)18-8-7-15(14-25)13-19(18)24/h4-8,13,16H,3,9-12H2,1-2H3. The minimum absolute atomic E-state index is 0.197. The molecule has 156 valence electrons. The van der Waals surface area contributed by atoms with E-state index in [-0.39, 0.29) is 23.1 Å². The van der Waals surface area contributed by atoms with Crippen molar-refractivity contribution in [3.8, 4) is 17.6 Å². The van der Waals surface area contributed by atoms with Gasteiger partial charge in [0.1, 0.15) is 5.82 Å². The fraction of sp³-hybridized carbons (Fsp3) is 0.391. The predicted octanol–water partition coefficient (Wildman–Crippen LogP) is 4.68. The van der Waals surface area contributed by atoms with Crippen LogP contribution in [0.2, 0.25) is 0 Å². The van der Waals surface area contributed by atoms with E-state index >= 15 is 0 Å². The maximum absolute atomic E-state index is 14.6. The third-order valence-electron chi connectivity index (χ3n) is 5.66. The van der Waals surface area contributed by atoms with E-state index in [9.17, 15) is 9.18 Å². The summed E-state index contributed by atoms with van der Waals surface area (Å²) >= 11 is 0. The van der Waals surface area contributed by atoms with E-state index in [2.05, 4.69) is 0 Å². The number of nitriles is 1. The highest BCUT2D eigenvalue weighted by molar-refractivity contribution is 5.67. The number of fused-ring (bicyclic) bond motifs is 1. The van der Waals surface area contributed by atoms with Crippen LogP contribution in [0.15, 0.2) is 36.4 Å². The van der Waals surface area contributed by atoms with Crippen molar-refractivity contribution in [1.29, 1.82) is 5.26 Å². The van der Waals surface area contributed by atoms with Crippen molar-refractivity contribution in [3.05, 3.63) is 58.9 Å². The maximum atomic E-state index is 14.6. The number of ether oxygens (including phenoxy) is 3. The van der Waals surface area contributed by atoms with Gasteiger partial charge in [-0.05, 0) is 49.9 Å². The third-order valence-corrected chi connectivity index (χ3v) is 5.66. The molecule has 2 heterocycles. The van der Waals surface area contributed by atoms with E-state index in [1.165, 1.54) is 12.1 Å². The molecule has 1 amide bonds. The Morgan fingerprint density at radius 1 is 1.30 bits per heavy atom. The highest BCUT2D eigenvalue weighted by Crippen LogP contribution is 2.49. The van der Waals surface area contributed by atoms with Gasteiger partial charge in [-0.1, -0.05) is 12.1 Å². The van der Waals surface area contributed by atoms with Crippen LogP contribution in [0.25, 0.3) is 0 Å². The van der Waals surface area contributed by atoms with Crippen LogP contribution >= 0.6 is 0 Å². The summed E-state index contributed by atoms with van der Waals surface area (Å²) in [5.74, 6) is -0.497. The molecule has 6 nitrogen and oxygen atoms in total. The molecule has 0 N–H and O–H groups in total. The summed E-state index contributed by atoms with van der Waals surface area (Å²) in [5.41, 5.74) is 1.47. The van der Waals surface area contributed by atoms with Crippen LogP contribution in [0.3, 0.4) is 0 Å². The first-order valence-corrected chi connectivity index (χ1v) is 10.1. The summed E-state index contributed by atoms with van der Waals surface area (Å²) in [6.45, 7) is 5.04. The van der Waals surface area contributed by atoms with E-state index < -0.39 is 11.6 Å². The van der Waals surface area contributed by atoms with Gasteiger partial charge in [0.25, 0.3) is 5.79 Å². The van der Waals surface area contributed by atoms with Crippen LogP contribution in [0.5, 0.6) is 11.5 Å². The topological polar surface area (TPSA) is 71.8 Å². The zero-order chi connectivity index (χ0) is 21.3. The van der Waals surface area contributed by atoms with Crippen molar-refractivity contribution < 1.29 is 23.4 Å². The summed E-state index contributed by atoms with van der Waals surface area (Å²) < 4.78 is 31.9. The Morgan fingerprint density at radius 2 is 2.07 bits per heavy atom. The average molecular weight is 410 g/mol. The largest absolute Gasteiger partial charge is 0.450 e. The lowest BCUT2D eigenvalue weighted by molar-refractivity contribution is -0.0711. The SMILES string of the molecule is CCOC(=O)N1CCC(c2cccc3c2OC(C)(c2ccc(C#N)cc2F)O3)CC1. The van der Waals surface area contributed by atoms with Gasteiger partial charge in [-0.2, -0.15) is 5.26 Å². The highest BCUT2D eigenvalue weighted by Gasteiger charge is 2.43. The van der Waals surface area contributed by atoms with Gasteiger partial charge in [-0.3, -0.25) is 0 Å². The molecular formula is C23H23FN2O4. The van der Waals surface area contributed by atoms with E-state index in [4.69, 9.17) is 19.5 Å². The normalized spacial score (nSPS) is 20.7. The summed E-state index contributed by atoms with van der Waals surface area (Å²) in [5, 5.41) is 8.98. The first-order chi connectivity index (χ1) is 14.4. The Morgan fingerprint density at radius 3 is 2.73 bits per heavy atom. The number of piperidine rings is 1. The minimum atomic E-state index is -1.32. The number of benzene rings is 2. The molecule has 0 radical (unpaired) electrons. The molecule has 0 saturated carbocycles. The Labute approximate surface area is 174 Å². The predicted molar refractivity (Wildman–Crippen MR) is 107 cm³/mol. The molecule has 1 atom stereocenters. The molecule has 1 unspecified atom stereocenters. The number of carbonyl (C=O) groups is 1. The number of halogens is 1. The zero-order valence-corrected chi connectivity index (χ0v) is 17.0. The van der Waals surface area contributed by atoms with Gasteiger partial charge in [-0.15, -0.1) is 0 Å². The lowest BCUT2D eigenvalue weighted by Gasteiger charge is -2.32. The van der Waals surface area contributed by atoms with Gasteiger partial charge in [0.05, 0.1) is 23.8 Å². The van der Waals surface area contributed by atoms with Crippen LogP contribution in [0, 0.1) is 17.1 Å². The quantitative estimate of drug-likeness (QED) is 0.735. The first-order valence-electron chi connectivity index (χ1n) is 10.1. The highest BCUT2D eigenvalue weighted by atomic mass is 19.1. The van der Waals surface area contributed by atoms with Gasteiger partial charge in [0, 0.05) is 25.6 Å². The Bertz CT molecular complexity index is 1010. The average Bonchev–Trinajstić information content (AvgIpc) is 3.11. The summed E-state index contributed by atoms with van der Waals surface area (Å²) in [7, 11) is 0. The molecule has 0 spiro atoms. The molecule has 1 fully saturated rings. The summed E-state index contributed by atoms with van der Waals surface area (Å²) in [4.78, 5) is 13.7. The van der Waals surface area contributed by atoms with Crippen molar-refractivity contribution in [2.45, 2.75) is 38.4 Å². The molecule has 7 heteroatoms. The summed E-state index contributed by atoms with van der Waals surface area (Å²) in [6.07, 6.45) is 1.28. The number of hydrogen-bond donors (Lipinski definition) is 0. The van der Waals surface area contributed by atoms with E-state index in [0.717, 1.165) is 18.4 Å². The van der Waals surface area contributed by atoms with Crippen molar-refractivity contribution in [1.82, 2.24) is 4.90 Å². The number of rotatable bonds is 3. The Kier molecular flexibility index (Phi) is 5.25. The lowest BCUT2D eigenvalue weighted by atomic mass is 9.89. The number of hydrogen-bond acceptors (Lipinski definition) is 5. The second-order valence-electron chi connectivity index (χ2n) is 7.59. The second-order valence-corrected chi connectivity index (χ2v) is 7.59. The molecular weight excluding hydrogens is 387 g/mol. The molecule has 0 aliphatic carbocycles. The molecule has 30 heavy (non-hydrogen) atoms. The first kappa shape index (κ1) is 20.0. The molecule has 1 saturated heterocycles. The van der Waals surface area contributed by atoms with Crippen molar-refractivity contribution >= 4 is 6.09 Å². The van der Waals surface area contributed by atoms with E-state index in [0.29, 0.717) is 31.2 Å².